The van der Waals surface area contributed by atoms with E-state index in [0.29, 0.717) is 0 Å². The fourth-order valence-electron chi connectivity index (χ4n) is 2.36. The second-order valence-electron chi connectivity index (χ2n) is 4.86. The fourth-order valence-corrected chi connectivity index (χ4v) is 2.36. The summed E-state index contributed by atoms with van der Waals surface area (Å²) in [5.74, 6) is 0.938. The van der Waals surface area contributed by atoms with Crippen molar-refractivity contribution in [3.63, 3.8) is 0 Å². The molecule has 0 saturated carbocycles. The zero-order valence-electron chi connectivity index (χ0n) is 11.5. The molecule has 3 heteroatoms. The van der Waals surface area contributed by atoms with Gasteiger partial charge in [-0.05, 0) is 36.7 Å². The highest BCUT2D eigenvalue weighted by molar-refractivity contribution is 5.77. The Hall–Kier alpha value is -2.13. The zero-order chi connectivity index (χ0) is 13.8. The topological polar surface area (TPSA) is 38.1 Å². The first-order valence-electron chi connectivity index (χ1n) is 7.00. The molecule has 20 heavy (non-hydrogen) atoms. The monoisotopic (exact) mass is 266 g/mol. The molecule has 0 saturated heterocycles. The molecule has 1 N–H and O–H groups in total. The van der Waals surface area contributed by atoms with Crippen LogP contribution in [0.1, 0.15) is 30.7 Å². The molecule has 0 spiro atoms. The van der Waals surface area contributed by atoms with Gasteiger partial charge in [-0.3, -0.25) is 4.98 Å². The summed E-state index contributed by atoms with van der Waals surface area (Å²) in [6, 6.07) is 14.3. The molecule has 0 aliphatic carbocycles. The van der Waals surface area contributed by atoms with E-state index < -0.39 is 0 Å². The summed E-state index contributed by atoms with van der Waals surface area (Å²) in [5.41, 5.74) is 2.05. The van der Waals surface area contributed by atoms with Gasteiger partial charge in [-0.2, -0.15) is 0 Å². The largest absolute Gasteiger partial charge is 0.459 e. The number of para-hydroxylation sites is 1. The first kappa shape index (κ1) is 12.9. The van der Waals surface area contributed by atoms with E-state index in [4.69, 9.17) is 4.42 Å². The summed E-state index contributed by atoms with van der Waals surface area (Å²) < 4.78 is 5.99. The number of furan rings is 1. The van der Waals surface area contributed by atoms with Gasteiger partial charge in [0.1, 0.15) is 11.3 Å². The van der Waals surface area contributed by atoms with Crippen molar-refractivity contribution in [2.45, 2.75) is 19.4 Å². The Morgan fingerprint density at radius 1 is 1.20 bits per heavy atom. The minimum absolute atomic E-state index is 0.0519. The molecule has 0 amide bonds. The van der Waals surface area contributed by atoms with Crippen molar-refractivity contribution in [1.29, 1.82) is 0 Å². The number of hydrogen-bond donors (Lipinski definition) is 1. The number of hydrogen-bond acceptors (Lipinski definition) is 3. The average molecular weight is 266 g/mol. The van der Waals surface area contributed by atoms with Crippen molar-refractivity contribution in [1.82, 2.24) is 10.3 Å². The number of rotatable bonds is 5. The summed E-state index contributed by atoms with van der Waals surface area (Å²) in [6.07, 6.45) is 4.76. The normalized spacial score (nSPS) is 12.7. The lowest BCUT2D eigenvalue weighted by Gasteiger charge is -2.16. The van der Waals surface area contributed by atoms with Crippen LogP contribution in [0, 0.1) is 0 Å². The third-order valence-electron chi connectivity index (χ3n) is 3.35. The van der Waals surface area contributed by atoms with Gasteiger partial charge in [0.25, 0.3) is 0 Å². The summed E-state index contributed by atoms with van der Waals surface area (Å²) in [4.78, 5) is 4.21. The average Bonchev–Trinajstić information content (AvgIpc) is 2.92. The Morgan fingerprint density at radius 2 is 2.10 bits per heavy atom. The molecule has 0 radical (unpaired) electrons. The van der Waals surface area contributed by atoms with Crippen LogP contribution in [-0.4, -0.2) is 11.5 Å². The van der Waals surface area contributed by atoms with E-state index in [1.54, 1.807) is 6.20 Å². The van der Waals surface area contributed by atoms with Gasteiger partial charge < -0.3 is 9.73 Å². The second-order valence-corrected chi connectivity index (χ2v) is 4.86. The molecule has 1 unspecified atom stereocenters. The Labute approximate surface area is 118 Å². The first-order chi connectivity index (χ1) is 9.88. The molecular formula is C17H18N2O. The number of nitrogens with zero attached hydrogens (tertiary/aromatic N) is 1. The fraction of sp³-hybridized carbons (Fsp3) is 0.235. The van der Waals surface area contributed by atoms with Gasteiger partial charge >= 0.3 is 0 Å². The Morgan fingerprint density at radius 3 is 2.85 bits per heavy atom. The van der Waals surface area contributed by atoms with Crippen LogP contribution in [0.5, 0.6) is 0 Å². The zero-order valence-corrected chi connectivity index (χ0v) is 11.5. The van der Waals surface area contributed by atoms with Crippen molar-refractivity contribution in [2.75, 3.05) is 6.54 Å². The van der Waals surface area contributed by atoms with Crippen LogP contribution < -0.4 is 5.32 Å². The van der Waals surface area contributed by atoms with Gasteiger partial charge in [-0.1, -0.05) is 31.2 Å². The molecule has 1 aromatic carbocycles. The third-order valence-corrected chi connectivity index (χ3v) is 3.35. The first-order valence-corrected chi connectivity index (χ1v) is 7.00. The molecule has 0 aliphatic rings. The molecule has 3 nitrogen and oxygen atoms in total. The highest BCUT2D eigenvalue weighted by Crippen LogP contribution is 2.27. The third kappa shape index (κ3) is 2.58. The maximum absolute atomic E-state index is 5.99. The van der Waals surface area contributed by atoms with Crippen LogP contribution in [0.4, 0.5) is 0 Å². The Bertz CT molecular complexity index is 643. The summed E-state index contributed by atoms with van der Waals surface area (Å²) in [7, 11) is 0. The van der Waals surface area contributed by atoms with Crippen LogP contribution >= 0.6 is 0 Å². The van der Waals surface area contributed by atoms with E-state index in [2.05, 4.69) is 35.4 Å². The van der Waals surface area contributed by atoms with Crippen LogP contribution in [-0.2, 0) is 0 Å². The predicted molar refractivity (Wildman–Crippen MR) is 80.6 cm³/mol. The van der Waals surface area contributed by atoms with Gasteiger partial charge in [-0.25, -0.2) is 0 Å². The van der Waals surface area contributed by atoms with E-state index in [-0.39, 0.29) is 6.04 Å². The molecule has 1 atom stereocenters. The number of aromatic nitrogens is 1. The van der Waals surface area contributed by atoms with E-state index in [0.717, 1.165) is 35.3 Å². The van der Waals surface area contributed by atoms with Gasteiger partial charge in [0.15, 0.2) is 0 Å². The van der Waals surface area contributed by atoms with E-state index in [1.807, 2.05) is 30.5 Å². The maximum Gasteiger partial charge on any atom is 0.134 e. The van der Waals surface area contributed by atoms with Crippen LogP contribution in [0.15, 0.2) is 59.3 Å². The Kier molecular flexibility index (Phi) is 3.79. The molecule has 0 bridgehead atoms. The molecule has 2 heterocycles. The number of fused-ring (bicyclic) bond motifs is 1. The number of benzene rings is 1. The second kappa shape index (κ2) is 5.88. The van der Waals surface area contributed by atoms with Crippen LogP contribution in [0.25, 0.3) is 11.0 Å². The minimum Gasteiger partial charge on any atom is -0.459 e. The maximum atomic E-state index is 5.99. The molecule has 102 valence electrons. The number of nitrogens with one attached hydrogen (secondary N) is 1. The van der Waals surface area contributed by atoms with Gasteiger partial charge in [0.05, 0.1) is 6.04 Å². The molecule has 0 aliphatic heterocycles. The molecule has 0 fully saturated rings. The van der Waals surface area contributed by atoms with Crippen molar-refractivity contribution >= 4 is 11.0 Å². The lowest BCUT2D eigenvalue weighted by atomic mass is 10.1. The molecule has 3 rings (SSSR count). The summed E-state index contributed by atoms with van der Waals surface area (Å²) >= 11 is 0. The lowest BCUT2D eigenvalue weighted by Crippen LogP contribution is -2.22. The Balaban J connectivity index is 2.00. The van der Waals surface area contributed by atoms with Gasteiger partial charge in [-0.15, -0.1) is 0 Å². The quantitative estimate of drug-likeness (QED) is 0.760. The number of pyridine rings is 1. The molecular weight excluding hydrogens is 248 g/mol. The SMILES string of the molecule is CCCNC(c1cccnc1)c1cc2ccccc2o1. The smallest absolute Gasteiger partial charge is 0.134 e. The standard InChI is InChI=1S/C17H18N2O/c1-2-9-19-17(14-7-5-10-18-12-14)16-11-13-6-3-4-8-15(13)20-16/h3-8,10-12,17,19H,2,9H2,1H3. The van der Waals surface area contributed by atoms with E-state index in [9.17, 15) is 0 Å². The van der Waals surface area contributed by atoms with Crippen LogP contribution in [0.3, 0.4) is 0 Å². The molecule has 3 aromatic rings. The van der Waals surface area contributed by atoms with Crippen LogP contribution in [0.2, 0.25) is 0 Å². The van der Waals surface area contributed by atoms with Crippen molar-refractivity contribution in [3.8, 4) is 0 Å². The highest BCUT2D eigenvalue weighted by Gasteiger charge is 2.17. The van der Waals surface area contributed by atoms with Gasteiger partial charge in [0, 0.05) is 17.8 Å². The predicted octanol–water partition coefficient (Wildman–Crippen LogP) is 3.92. The molecule has 2 aromatic heterocycles. The van der Waals surface area contributed by atoms with Crippen molar-refractivity contribution < 1.29 is 4.42 Å². The van der Waals surface area contributed by atoms with E-state index >= 15 is 0 Å². The van der Waals surface area contributed by atoms with Crippen molar-refractivity contribution in [3.05, 3.63) is 66.2 Å². The van der Waals surface area contributed by atoms with E-state index in [1.165, 1.54) is 0 Å². The summed E-state index contributed by atoms with van der Waals surface area (Å²) in [5, 5.41) is 4.66. The lowest BCUT2D eigenvalue weighted by molar-refractivity contribution is 0.469. The highest BCUT2D eigenvalue weighted by atomic mass is 16.3. The minimum atomic E-state index is 0.0519. The van der Waals surface area contributed by atoms with Gasteiger partial charge in [0.2, 0.25) is 0 Å². The van der Waals surface area contributed by atoms with Crippen molar-refractivity contribution in [2.24, 2.45) is 0 Å². The summed E-state index contributed by atoms with van der Waals surface area (Å²) in [6.45, 7) is 3.10.